The van der Waals surface area contributed by atoms with E-state index in [9.17, 15) is 5.11 Å². The molecule has 102 valence electrons. The van der Waals surface area contributed by atoms with E-state index in [2.05, 4.69) is 25.1 Å². The minimum absolute atomic E-state index is 0.0199. The van der Waals surface area contributed by atoms with Crippen LogP contribution in [-0.4, -0.2) is 5.11 Å². The molecule has 0 spiro atoms. The molecule has 1 heterocycles. The van der Waals surface area contributed by atoms with Crippen LogP contribution >= 0.6 is 0 Å². The molecule has 0 radical (unpaired) electrons. The molecule has 20 heavy (non-hydrogen) atoms. The molecule has 0 saturated carbocycles. The Morgan fingerprint density at radius 2 is 1.85 bits per heavy atom. The van der Waals surface area contributed by atoms with E-state index in [1.807, 2.05) is 31.2 Å². The number of hydrogen-bond donors (Lipinski definition) is 1. The number of hydrogen-bond acceptors (Lipinski definition) is 2. The summed E-state index contributed by atoms with van der Waals surface area (Å²) in [5.41, 5.74) is 3.55. The van der Waals surface area contributed by atoms with Crippen LogP contribution in [0.5, 0.6) is 11.5 Å². The second-order valence-corrected chi connectivity index (χ2v) is 5.22. The summed E-state index contributed by atoms with van der Waals surface area (Å²) >= 11 is 0. The van der Waals surface area contributed by atoms with E-state index in [4.69, 9.17) is 4.74 Å². The fourth-order valence-corrected chi connectivity index (χ4v) is 2.75. The summed E-state index contributed by atoms with van der Waals surface area (Å²) in [6.07, 6.45) is 4.16. The van der Waals surface area contributed by atoms with Gasteiger partial charge < -0.3 is 9.84 Å². The van der Waals surface area contributed by atoms with E-state index in [0.717, 1.165) is 11.3 Å². The molecule has 3 rings (SSSR count). The Labute approximate surface area is 119 Å². The summed E-state index contributed by atoms with van der Waals surface area (Å²) in [5.74, 6) is 1.55. The van der Waals surface area contributed by atoms with Gasteiger partial charge in [0.25, 0.3) is 0 Å². The monoisotopic (exact) mass is 266 g/mol. The number of phenolic OH excluding ortho intramolecular Hbond substituents is 1. The molecule has 2 aromatic rings. The fraction of sp³-hybridized carbons (Fsp3) is 0.222. The molecule has 0 fully saturated rings. The molecule has 1 aliphatic rings. The van der Waals surface area contributed by atoms with Gasteiger partial charge in [-0.15, -0.1) is 0 Å². The molecule has 1 N–H and O–H groups in total. The van der Waals surface area contributed by atoms with E-state index < -0.39 is 0 Å². The first-order valence-corrected chi connectivity index (χ1v) is 6.91. The van der Waals surface area contributed by atoms with E-state index in [1.165, 1.54) is 11.1 Å². The van der Waals surface area contributed by atoms with Crippen LogP contribution in [0.1, 0.15) is 42.6 Å². The lowest BCUT2D eigenvalue weighted by Gasteiger charge is -2.15. The SMILES string of the molecule is CC=Cc1ccc2c(c1)[C@H](C)[C@@H](c1ccc(O)cc1)O2. The molecule has 0 bridgehead atoms. The largest absolute Gasteiger partial charge is 0.508 e. The zero-order valence-electron chi connectivity index (χ0n) is 11.7. The number of phenols is 1. The van der Waals surface area contributed by atoms with Crippen molar-refractivity contribution in [1.29, 1.82) is 0 Å². The summed E-state index contributed by atoms with van der Waals surface area (Å²) in [4.78, 5) is 0. The zero-order chi connectivity index (χ0) is 14.1. The summed E-state index contributed by atoms with van der Waals surface area (Å²) < 4.78 is 6.07. The molecule has 0 aromatic heterocycles. The number of ether oxygens (including phenoxy) is 1. The third-order valence-electron chi connectivity index (χ3n) is 3.81. The molecular formula is C18H18O2. The first-order valence-electron chi connectivity index (χ1n) is 6.91. The van der Waals surface area contributed by atoms with Crippen molar-refractivity contribution in [1.82, 2.24) is 0 Å². The average Bonchev–Trinajstić information content (AvgIpc) is 2.78. The maximum atomic E-state index is 9.39. The standard InChI is InChI=1S/C18H18O2/c1-3-4-13-5-10-17-16(11-13)12(2)18(20-17)14-6-8-15(19)9-7-14/h3-12,18-19H,1-2H3/t12-,18-/m0/s1. The third kappa shape index (κ3) is 2.18. The second-order valence-electron chi connectivity index (χ2n) is 5.22. The number of aromatic hydroxyl groups is 1. The molecule has 0 saturated heterocycles. The topological polar surface area (TPSA) is 29.5 Å². The Morgan fingerprint density at radius 1 is 1.10 bits per heavy atom. The highest BCUT2D eigenvalue weighted by Gasteiger charge is 2.32. The Bertz CT molecular complexity index is 641. The molecule has 2 nitrogen and oxygen atoms in total. The van der Waals surface area contributed by atoms with Gasteiger partial charge in [0.05, 0.1) is 0 Å². The van der Waals surface area contributed by atoms with Crippen molar-refractivity contribution < 1.29 is 9.84 Å². The second kappa shape index (κ2) is 5.04. The van der Waals surface area contributed by atoms with Crippen LogP contribution in [0.4, 0.5) is 0 Å². The van der Waals surface area contributed by atoms with Crippen molar-refractivity contribution in [2.45, 2.75) is 25.9 Å². The van der Waals surface area contributed by atoms with Crippen LogP contribution in [-0.2, 0) is 0 Å². The Hall–Kier alpha value is -2.22. The Balaban J connectivity index is 1.94. The van der Waals surface area contributed by atoms with Crippen molar-refractivity contribution in [2.75, 3.05) is 0 Å². The van der Waals surface area contributed by atoms with Crippen LogP contribution in [0.2, 0.25) is 0 Å². The smallest absolute Gasteiger partial charge is 0.130 e. The lowest BCUT2D eigenvalue weighted by atomic mass is 9.92. The molecule has 2 heteroatoms. The quantitative estimate of drug-likeness (QED) is 0.856. The molecule has 0 amide bonds. The van der Waals surface area contributed by atoms with Gasteiger partial charge in [-0.1, -0.05) is 37.3 Å². The molecular weight excluding hydrogens is 248 g/mol. The number of rotatable bonds is 2. The van der Waals surface area contributed by atoms with Crippen molar-refractivity contribution in [3.8, 4) is 11.5 Å². The van der Waals surface area contributed by atoms with Crippen LogP contribution in [0.25, 0.3) is 6.08 Å². The first kappa shape index (κ1) is 12.8. The number of fused-ring (bicyclic) bond motifs is 1. The minimum Gasteiger partial charge on any atom is -0.508 e. The van der Waals surface area contributed by atoms with Crippen molar-refractivity contribution in [2.24, 2.45) is 0 Å². The van der Waals surface area contributed by atoms with Crippen LogP contribution in [0, 0.1) is 0 Å². The molecule has 0 aliphatic carbocycles. The maximum absolute atomic E-state index is 9.39. The minimum atomic E-state index is 0.0199. The Kier molecular flexibility index (Phi) is 3.23. The van der Waals surface area contributed by atoms with E-state index in [1.54, 1.807) is 12.1 Å². The predicted octanol–water partition coefficient (Wildman–Crippen LogP) is 4.66. The third-order valence-corrected chi connectivity index (χ3v) is 3.81. The van der Waals surface area contributed by atoms with Gasteiger partial charge in [0.1, 0.15) is 17.6 Å². The van der Waals surface area contributed by atoms with Gasteiger partial charge in [-0.2, -0.15) is 0 Å². The first-order chi connectivity index (χ1) is 9.69. The predicted molar refractivity (Wildman–Crippen MR) is 81.0 cm³/mol. The van der Waals surface area contributed by atoms with Gasteiger partial charge >= 0.3 is 0 Å². The van der Waals surface area contributed by atoms with Crippen molar-refractivity contribution >= 4 is 6.08 Å². The van der Waals surface area contributed by atoms with Crippen molar-refractivity contribution in [3.05, 3.63) is 65.2 Å². The molecule has 1 aliphatic heterocycles. The van der Waals surface area contributed by atoms with Gasteiger partial charge in [0.2, 0.25) is 0 Å². The van der Waals surface area contributed by atoms with Crippen LogP contribution in [0.3, 0.4) is 0 Å². The zero-order valence-corrected chi connectivity index (χ0v) is 11.7. The van der Waals surface area contributed by atoms with Gasteiger partial charge in [-0.25, -0.2) is 0 Å². The van der Waals surface area contributed by atoms with Gasteiger partial charge in [-0.3, -0.25) is 0 Å². The van der Waals surface area contributed by atoms with Crippen molar-refractivity contribution in [3.63, 3.8) is 0 Å². The molecule has 2 aromatic carbocycles. The summed E-state index contributed by atoms with van der Waals surface area (Å²) in [6, 6.07) is 13.6. The summed E-state index contributed by atoms with van der Waals surface area (Å²) in [7, 11) is 0. The van der Waals surface area contributed by atoms with E-state index in [0.29, 0.717) is 5.92 Å². The maximum Gasteiger partial charge on any atom is 0.130 e. The van der Waals surface area contributed by atoms with Gasteiger partial charge in [-0.05, 0) is 42.3 Å². The Morgan fingerprint density at radius 3 is 2.55 bits per heavy atom. The van der Waals surface area contributed by atoms with E-state index >= 15 is 0 Å². The summed E-state index contributed by atoms with van der Waals surface area (Å²) in [6.45, 7) is 4.20. The van der Waals surface area contributed by atoms with Gasteiger partial charge in [0.15, 0.2) is 0 Å². The fourth-order valence-electron chi connectivity index (χ4n) is 2.75. The molecule has 2 atom stereocenters. The number of allylic oxidation sites excluding steroid dienone is 1. The lowest BCUT2D eigenvalue weighted by molar-refractivity contribution is 0.216. The number of benzene rings is 2. The lowest BCUT2D eigenvalue weighted by Crippen LogP contribution is -2.06. The highest BCUT2D eigenvalue weighted by atomic mass is 16.5. The highest BCUT2D eigenvalue weighted by Crippen LogP contribution is 2.46. The highest BCUT2D eigenvalue weighted by molar-refractivity contribution is 5.55. The van der Waals surface area contributed by atoms with E-state index in [-0.39, 0.29) is 11.9 Å². The average molecular weight is 266 g/mol. The summed E-state index contributed by atoms with van der Waals surface area (Å²) in [5, 5.41) is 9.39. The van der Waals surface area contributed by atoms with Gasteiger partial charge in [0, 0.05) is 11.5 Å². The van der Waals surface area contributed by atoms with Crippen LogP contribution < -0.4 is 4.74 Å². The normalized spacial score (nSPS) is 20.9. The molecule has 0 unspecified atom stereocenters. The van der Waals surface area contributed by atoms with Crippen LogP contribution in [0.15, 0.2) is 48.5 Å².